The number of rotatable bonds is 6. The first-order valence-electron chi connectivity index (χ1n) is 7.89. The molecular weight excluding hydrogens is 266 g/mol. The van der Waals surface area contributed by atoms with E-state index in [0.29, 0.717) is 17.8 Å². The zero-order valence-electron chi connectivity index (χ0n) is 13.1. The number of nitrogens with one attached hydrogen (secondary N) is 1. The number of hydrogen-bond donors (Lipinski definition) is 1. The molecule has 1 heterocycles. The lowest BCUT2D eigenvalue weighted by atomic mass is 10.1. The molecule has 1 aromatic carbocycles. The molecule has 1 aliphatic heterocycles. The first kappa shape index (κ1) is 15.6. The van der Waals surface area contributed by atoms with E-state index in [1.54, 1.807) is 6.07 Å². The molecule has 5 heteroatoms. The number of nitrogens with zero attached hydrogens (tertiary/aromatic N) is 2. The van der Waals surface area contributed by atoms with Crippen molar-refractivity contribution in [2.24, 2.45) is 0 Å². The maximum absolute atomic E-state index is 11.6. The van der Waals surface area contributed by atoms with E-state index in [2.05, 4.69) is 31.0 Å². The average Bonchev–Trinajstić information content (AvgIpc) is 2.85. The molecule has 0 amide bonds. The van der Waals surface area contributed by atoms with Crippen LogP contribution in [-0.4, -0.2) is 23.6 Å². The highest BCUT2D eigenvalue weighted by Gasteiger charge is 2.34. The summed E-state index contributed by atoms with van der Waals surface area (Å²) in [6.07, 6.45) is 4.18. The average molecular weight is 291 g/mol. The van der Waals surface area contributed by atoms with Crippen LogP contribution in [0.5, 0.6) is 0 Å². The highest BCUT2D eigenvalue weighted by atomic mass is 16.6. The third-order valence-electron chi connectivity index (χ3n) is 4.30. The third kappa shape index (κ3) is 3.12. The van der Waals surface area contributed by atoms with E-state index in [-0.39, 0.29) is 10.6 Å². The van der Waals surface area contributed by atoms with Gasteiger partial charge in [0.1, 0.15) is 11.4 Å². The number of nitro groups is 1. The summed E-state index contributed by atoms with van der Waals surface area (Å²) in [5, 5.41) is 14.8. The Kier molecular flexibility index (Phi) is 5.04. The topological polar surface area (TPSA) is 58.4 Å². The van der Waals surface area contributed by atoms with Gasteiger partial charge in [-0.1, -0.05) is 19.9 Å². The molecule has 0 saturated carbocycles. The molecule has 1 aliphatic rings. The lowest BCUT2D eigenvalue weighted by molar-refractivity contribution is -0.383. The summed E-state index contributed by atoms with van der Waals surface area (Å²) in [6, 6.07) is 6.37. The van der Waals surface area contributed by atoms with Crippen molar-refractivity contribution in [1.82, 2.24) is 0 Å². The summed E-state index contributed by atoms with van der Waals surface area (Å²) < 4.78 is 0. The molecule has 1 saturated heterocycles. The molecule has 1 N–H and O–H groups in total. The Hall–Kier alpha value is -1.78. The number of hydrogen-bond acceptors (Lipinski definition) is 4. The Morgan fingerprint density at radius 3 is 2.76 bits per heavy atom. The molecular formula is C16H25N3O2. The van der Waals surface area contributed by atoms with Gasteiger partial charge in [-0.2, -0.15) is 0 Å². The summed E-state index contributed by atoms with van der Waals surface area (Å²) in [5.74, 6) is 0. The van der Waals surface area contributed by atoms with Crippen molar-refractivity contribution in [3.63, 3.8) is 0 Å². The summed E-state index contributed by atoms with van der Waals surface area (Å²) in [4.78, 5) is 13.6. The highest BCUT2D eigenvalue weighted by molar-refractivity contribution is 5.77. The number of benzene rings is 1. The zero-order chi connectivity index (χ0) is 15.4. The van der Waals surface area contributed by atoms with Crippen LogP contribution in [0.2, 0.25) is 0 Å². The van der Waals surface area contributed by atoms with Crippen molar-refractivity contribution in [1.29, 1.82) is 0 Å². The van der Waals surface area contributed by atoms with Crippen LogP contribution in [0, 0.1) is 10.1 Å². The minimum atomic E-state index is -0.245. The molecule has 0 aromatic heterocycles. The van der Waals surface area contributed by atoms with Gasteiger partial charge in [-0.05, 0) is 44.7 Å². The first-order chi connectivity index (χ1) is 10.1. The van der Waals surface area contributed by atoms with Gasteiger partial charge in [-0.25, -0.2) is 0 Å². The summed E-state index contributed by atoms with van der Waals surface area (Å²) in [5.41, 5.74) is 1.62. The first-order valence-corrected chi connectivity index (χ1v) is 7.89. The van der Waals surface area contributed by atoms with E-state index < -0.39 is 0 Å². The predicted molar refractivity (Wildman–Crippen MR) is 87.1 cm³/mol. The predicted octanol–water partition coefficient (Wildman–Crippen LogP) is 4.18. The molecule has 0 spiro atoms. The normalized spacial score (nSPS) is 21.6. The molecule has 0 aliphatic carbocycles. The van der Waals surface area contributed by atoms with Gasteiger partial charge in [0.05, 0.1) is 4.92 Å². The Morgan fingerprint density at radius 2 is 2.14 bits per heavy atom. The molecule has 5 nitrogen and oxygen atoms in total. The standard InChI is InChI=1S/C16H25N3O2/c1-4-11-17-14-7-6-8-15(16(14)19(20)21)18-12(3)9-10-13(18)5-2/h6-8,12-13,17H,4-5,9-11H2,1-3H3. The number of anilines is 2. The second kappa shape index (κ2) is 6.78. The van der Waals surface area contributed by atoms with Crippen LogP contribution >= 0.6 is 0 Å². The fourth-order valence-corrected chi connectivity index (χ4v) is 3.24. The third-order valence-corrected chi connectivity index (χ3v) is 4.30. The van der Waals surface area contributed by atoms with Crippen molar-refractivity contribution >= 4 is 17.1 Å². The highest BCUT2D eigenvalue weighted by Crippen LogP contribution is 2.41. The van der Waals surface area contributed by atoms with Crippen molar-refractivity contribution in [2.45, 2.75) is 58.5 Å². The van der Waals surface area contributed by atoms with Gasteiger partial charge >= 0.3 is 5.69 Å². The van der Waals surface area contributed by atoms with E-state index in [4.69, 9.17) is 0 Å². The maximum atomic E-state index is 11.6. The van der Waals surface area contributed by atoms with Crippen molar-refractivity contribution < 1.29 is 4.92 Å². The SMILES string of the molecule is CCCNc1cccc(N2C(C)CCC2CC)c1[N+](=O)[O-]. The zero-order valence-corrected chi connectivity index (χ0v) is 13.1. The van der Waals surface area contributed by atoms with E-state index in [1.165, 1.54) is 0 Å². The number of nitro benzene ring substituents is 1. The Balaban J connectivity index is 2.44. The maximum Gasteiger partial charge on any atom is 0.315 e. The van der Waals surface area contributed by atoms with Gasteiger partial charge in [-0.15, -0.1) is 0 Å². The van der Waals surface area contributed by atoms with Crippen molar-refractivity contribution in [3.05, 3.63) is 28.3 Å². The summed E-state index contributed by atoms with van der Waals surface area (Å²) in [6.45, 7) is 7.11. The van der Waals surface area contributed by atoms with E-state index in [9.17, 15) is 10.1 Å². The van der Waals surface area contributed by atoms with E-state index in [1.807, 2.05) is 12.1 Å². The second-order valence-electron chi connectivity index (χ2n) is 5.75. The van der Waals surface area contributed by atoms with Crippen molar-refractivity contribution in [3.8, 4) is 0 Å². The monoisotopic (exact) mass is 291 g/mol. The van der Waals surface area contributed by atoms with Gasteiger partial charge < -0.3 is 10.2 Å². The van der Waals surface area contributed by atoms with Crippen molar-refractivity contribution in [2.75, 3.05) is 16.8 Å². The van der Waals surface area contributed by atoms with Crippen LogP contribution in [0.4, 0.5) is 17.1 Å². The molecule has 1 fully saturated rings. The molecule has 21 heavy (non-hydrogen) atoms. The summed E-state index contributed by atoms with van der Waals surface area (Å²) >= 11 is 0. The van der Waals surface area contributed by atoms with E-state index >= 15 is 0 Å². The minimum absolute atomic E-state index is 0.221. The van der Waals surface area contributed by atoms with Crippen LogP contribution in [0.1, 0.15) is 46.5 Å². The smallest absolute Gasteiger partial charge is 0.315 e. The fraction of sp³-hybridized carbons (Fsp3) is 0.625. The van der Waals surface area contributed by atoms with Gasteiger partial charge in [0.25, 0.3) is 0 Å². The van der Waals surface area contributed by atoms with Crippen LogP contribution < -0.4 is 10.2 Å². The van der Waals surface area contributed by atoms with Crippen LogP contribution in [-0.2, 0) is 0 Å². The lowest BCUT2D eigenvalue weighted by Crippen LogP contribution is -2.34. The quantitative estimate of drug-likeness (QED) is 0.631. The van der Waals surface area contributed by atoms with Crippen LogP contribution in [0.15, 0.2) is 18.2 Å². The Bertz CT molecular complexity index is 504. The van der Waals surface area contributed by atoms with Gasteiger partial charge in [0.2, 0.25) is 0 Å². The fourth-order valence-electron chi connectivity index (χ4n) is 3.24. The Labute approximate surface area is 126 Å². The molecule has 1 aromatic rings. The second-order valence-corrected chi connectivity index (χ2v) is 5.75. The van der Waals surface area contributed by atoms with E-state index in [0.717, 1.165) is 37.9 Å². The van der Waals surface area contributed by atoms with Crippen LogP contribution in [0.25, 0.3) is 0 Å². The lowest BCUT2D eigenvalue weighted by Gasteiger charge is -2.30. The molecule has 116 valence electrons. The molecule has 2 unspecified atom stereocenters. The summed E-state index contributed by atoms with van der Waals surface area (Å²) in [7, 11) is 0. The molecule has 0 radical (unpaired) electrons. The number of para-hydroxylation sites is 1. The largest absolute Gasteiger partial charge is 0.379 e. The van der Waals surface area contributed by atoms with Gasteiger partial charge in [0, 0.05) is 18.6 Å². The van der Waals surface area contributed by atoms with Crippen LogP contribution in [0.3, 0.4) is 0 Å². The molecule has 0 bridgehead atoms. The Morgan fingerprint density at radius 1 is 1.38 bits per heavy atom. The molecule has 2 atom stereocenters. The van der Waals surface area contributed by atoms with Gasteiger partial charge in [0.15, 0.2) is 0 Å². The van der Waals surface area contributed by atoms with Gasteiger partial charge in [-0.3, -0.25) is 10.1 Å². The minimum Gasteiger partial charge on any atom is -0.379 e. The molecule has 2 rings (SSSR count).